The molecule has 0 aromatic rings. The maximum absolute atomic E-state index is 9.20. The molecule has 0 amide bonds. The van der Waals surface area contributed by atoms with Gasteiger partial charge in [-0.25, -0.2) is 0 Å². The topological polar surface area (TPSA) is 63.6 Å². The van der Waals surface area contributed by atoms with E-state index in [1.807, 2.05) is 0 Å². The molecule has 7 heteroatoms. The molecule has 1 N–H and O–H groups in total. The Labute approximate surface area is 88.7 Å². The summed E-state index contributed by atoms with van der Waals surface area (Å²) in [5.41, 5.74) is 0. The molecule has 7 heavy (non-hydrogen) atoms. The first-order valence-electron chi connectivity index (χ1n) is 0.837. The van der Waals surface area contributed by atoms with Crippen molar-refractivity contribution in [2.24, 2.45) is 0 Å². The van der Waals surface area contributed by atoms with Crippen molar-refractivity contribution in [2.75, 3.05) is 0 Å². The molecule has 0 aliphatic rings. The van der Waals surface area contributed by atoms with Crippen molar-refractivity contribution in [3.8, 4) is 0 Å². The van der Waals surface area contributed by atoms with E-state index in [2.05, 4.69) is 15.6 Å². The molecule has 0 aromatic heterocycles. The SMILES string of the molecule is O=S(=O)(O)OCl.[KH]. The molecule has 0 aliphatic carbocycles. The predicted octanol–water partition coefficient (Wildman–Crippen LogP) is -0.689. The van der Waals surface area contributed by atoms with Crippen LogP contribution in [0, 0.1) is 0 Å². The summed E-state index contributed by atoms with van der Waals surface area (Å²) in [6.45, 7) is 0. The molecule has 0 rings (SSSR count). The van der Waals surface area contributed by atoms with Crippen LogP contribution in [0.1, 0.15) is 0 Å². The van der Waals surface area contributed by atoms with Gasteiger partial charge in [0.1, 0.15) is 0 Å². The molecule has 0 atom stereocenters. The van der Waals surface area contributed by atoms with Crippen LogP contribution in [0.2, 0.25) is 0 Å². The van der Waals surface area contributed by atoms with E-state index in [-0.39, 0.29) is 51.4 Å². The molecule has 0 radical (unpaired) electrons. The third kappa shape index (κ3) is 11.4. The van der Waals surface area contributed by atoms with E-state index in [1.165, 1.54) is 0 Å². The van der Waals surface area contributed by atoms with Gasteiger partial charge in [-0.2, -0.15) is 8.42 Å². The van der Waals surface area contributed by atoms with Crippen LogP contribution in [0.3, 0.4) is 0 Å². The molecule has 0 aliphatic heterocycles. The van der Waals surface area contributed by atoms with Crippen molar-refractivity contribution in [3.05, 3.63) is 0 Å². The summed E-state index contributed by atoms with van der Waals surface area (Å²) >= 11 is 4.14. The minimum atomic E-state index is -4.40. The fraction of sp³-hybridized carbons (Fsp3) is 0. The maximum atomic E-state index is 9.20. The summed E-state index contributed by atoms with van der Waals surface area (Å²) in [4.78, 5) is 0. The van der Waals surface area contributed by atoms with Crippen molar-refractivity contribution < 1.29 is 16.7 Å². The van der Waals surface area contributed by atoms with Crippen LogP contribution in [0.5, 0.6) is 0 Å². The van der Waals surface area contributed by atoms with Gasteiger partial charge in [-0.15, -0.1) is 3.74 Å². The van der Waals surface area contributed by atoms with Gasteiger partial charge in [0.2, 0.25) is 0 Å². The zero-order valence-electron chi connectivity index (χ0n) is 2.46. The zero-order valence-corrected chi connectivity index (χ0v) is 4.03. The fourth-order valence-corrected chi connectivity index (χ4v) is 0. The number of halogens is 1. The van der Waals surface area contributed by atoms with Crippen LogP contribution in [-0.2, 0) is 14.1 Å². The Morgan fingerprint density at radius 3 is 1.71 bits per heavy atom. The molecule has 0 unspecified atom stereocenters. The molecule has 40 valence electrons. The Morgan fingerprint density at radius 1 is 1.57 bits per heavy atom. The first-order chi connectivity index (χ1) is 2.56. The van der Waals surface area contributed by atoms with Crippen molar-refractivity contribution >= 4 is 73.6 Å². The summed E-state index contributed by atoms with van der Waals surface area (Å²) < 4.78 is 28.8. The van der Waals surface area contributed by atoms with Crippen LogP contribution in [-0.4, -0.2) is 64.4 Å². The minimum absolute atomic E-state index is 0. The summed E-state index contributed by atoms with van der Waals surface area (Å²) in [7, 11) is -4.40. The van der Waals surface area contributed by atoms with Gasteiger partial charge in [0, 0.05) is 0 Å². The number of rotatable bonds is 1. The zero-order chi connectivity index (χ0) is 5.21. The van der Waals surface area contributed by atoms with E-state index in [0.717, 1.165) is 0 Å². The Kier molecular flexibility index (Phi) is 7.70. The van der Waals surface area contributed by atoms with E-state index in [9.17, 15) is 8.42 Å². The third-order valence-corrected chi connectivity index (χ3v) is 0.716. The molecule has 4 nitrogen and oxygen atoms in total. The molecule has 0 saturated heterocycles. The van der Waals surface area contributed by atoms with E-state index in [4.69, 9.17) is 4.55 Å². The summed E-state index contributed by atoms with van der Waals surface area (Å²) in [5, 5.41) is 0. The normalized spacial score (nSPS) is 10.0. The summed E-state index contributed by atoms with van der Waals surface area (Å²) in [6.07, 6.45) is 0. The Hall–Kier alpha value is 1.80. The van der Waals surface area contributed by atoms with E-state index < -0.39 is 10.4 Å². The molecular weight excluding hydrogens is 171 g/mol. The van der Waals surface area contributed by atoms with Gasteiger partial charge in [0.25, 0.3) is 0 Å². The molecule has 0 heterocycles. The Bertz CT molecular complexity index is 114. The van der Waals surface area contributed by atoms with Crippen LogP contribution >= 0.6 is 11.9 Å². The van der Waals surface area contributed by atoms with E-state index >= 15 is 0 Å². The molecule has 0 aromatic carbocycles. The Balaban J connectivity index is 0. The summed E-state index contributed by atoms with van der Waals surface area (Å²) in [6, 6.07) is 0. The monoisotopic (exact) mass is 172 g/mol. The van der Waals surface area contributed by atoms with Gasteiger partial charge < -0.3 is 0 Å². The molecule has 0 spiro atoms. The average molecular weight is 173 g/mol. The van der Waals surface area contributed by atoms with Crippen LogP contribution in [0.4, 0.5) is 0 Å². The Morgan fingerprint density at radius 2 is 1.71 bits per heavy atom. The molecule has 0 saturated carbocycles. The van der Waals surface area contributed by atoms with Gasteiger partial charge in [-0.1, -0.05) is 0 Å². The number of hydrogen-bond acceptors (Lipinski definition) is 3. The van der Waals surface area contributed by atoms with E-state index in [0.29, 0.717) is 0 Å². The van der Waals surface area contributed by atoms with Crippen LogP contribution < -0.4 is 0 Å². The number of hydrogen-bond donors (Lipinski definition) is 1. The second-order valence-electron chi connectivity index (χ2n) is 0.491. The standard InChI is InChI=1S/ClHO4S.K.H/c1-5-6(2,3)4;;/h(H,2,3,4);;. The van der Waals surface area contributed by atoms with Crippen LogP contribution in [0.15, 0.2) is 0 Å². The van der Waals surface area contributed by atoms with Crippen molar-refractivity contribution in [3.63, 3.8) is 0 Å². The summed E-state index contributed by atoms with van der Waals surface area (Å²) in [5.74, 6) is 0. The van der Waals surface area contributed by atoms with Crippen molar-refractivity contribution in [1.82, 2.24) is 0 Å². The first-order valence-corrected chi connectivity index (χ1v) is 2.51. The van der Waals surface area contributed by atoms with Gasteiger partial charge in [-0.05, 0) is 0 Å². The van der Waals surface area contributed by atoms with Crippen molar-refractivity contribution in [2.45, 2.75) is 0 Å². The fourth-order valence-electron chi connectivity index (χ4n) is 0. The molecule has 0 fully saturated rings. The van der Waals surface area contributed by atoms with Crippen LogP contribution in [0.25, 0.3) is 0 Å². The van der Waals surface area contributed by atoms with Gasteiger partial charge >= 0.3 is 61.8 Å². The third-order valence-electron chi connectivity index (χ3n) is 0.0796. The molecular formula is H2ClKO4S. The average Bonchev–Trinajstić information content (AvgIpc) is 1.35. The second kappa shape index (κ2) is 4.65. The first kappa shape index (κ1) is 11.6. The van der Waals surface area contributed by atoms with E-state index in [1.54, 1.807) is 0 Å². The van der Waals surface area contributed by atoms with Gasteiger partial charge in [0.05, 0.1) is 11.9 Å². The van der Waals surface area contributed by atoms with Gasteiger partial charge in [0.15, 0.2) is 0 Å². The van der Waals surface area contributed by atoms with Crippen molar-refractivity contribution in [1.29, 1.82) is 0 Å². The molecule has 0 bridgehead atoms. The predicted molar refractivity (Wildman–Crippen MR) is 25.6 cm³/mol. The van der Waals surface area contributed by atoms with Gasteiger partial charge in [-0.3, -0.25) is 4.55 Å². The second-order valence-corrected chi connectivity index (χ2v) is 1.85. The quantitative estimate of drug-likeness (QED) is 0.420.